The molecule has 2 rings (SSSR count). The van der Waals surface area contributed by atoms with E-state index in [-0.39, 0.29) is 11.7 Å². The Morgan fingerprint density at radius 1 is 1.24 bits per heavy atom. The van der Waals surface area contributed by atoms with Crippen molar-refractivity contribution in [3.63, 3.8) is 0 Å². The molecule has 0 aromatic heterocycles. The second-order valence-corrected chi connectivity index (χ2v) is 5.21. The molecule has 6 nitrogen and oxygen atoms in total. The van der Waals surface area contributed by atoms with E-state index in [1.54, 1.807) is 0 Å². The first-order chi connectivity index (χ1) is 10.1. The average Bonchev–Trinajstić information content (AvgIpc) is 2.55. The summed E-state index contributed by atoms with van der Waals surface area (Å²) in [6, 6.07) is 7.79. The van der Waals surface area contributed by atoms with Gasteiger partial charge in [0, 0.05) is 31.7 Å². The number of hydrogen-bond donors (Lipinski definition) is 2. The third-order valence-corrected chi connectivity index (χ3v) is 3.78. The normalized spacial score (nSPS) is 17.0. The Hall–Kier alpha value is -2.08. The van der Waals surface area contributed by atoms with Gasteiger partial charge >= 0.3 is 0 Å². The van der Waals surface area contributed by atoms with Gasteiger partial charge < -0.3 is 15.8 Å². The van der Waals surface area contributed by atoms with E-state index < -0.39 is 0 Å². The zero-order chi connectivity index (χ0) is 15.2. The predicted molar refractivity (Wildman–Crippen MR) is 81.6 cm³/mol. The number of hydrogen-bond acceptors (Lipinski definition) is 4. The SMILES string of the molecule is CCc1ccc(C(=O)N2CCN(CC(N)=NO)CC2)cc1. The number of oxime groups is 1. The zero-order valence-corrected chi connectivity index (χ0v) is 12.3. The molecule has 0 unspecified atom stereocenters. The molecule has 1 aliphatic heterocycles. The van der Waals surface area contributed by atoms with Gasteiger partial charge in [-0.15, -0.1) is 0 Å². The van der Waals surface area contributed by atoms with Crippen LogP contribution in [0, 0.1) is 0 Å². The summed E-state index contributed by atoms with van der Waals surface area (Å²) >= 11 is 0. The number of amides is 1. The van der Waals surface area contributed by atoms with Crippen LogP contribution in [0.2, 0.25) is 0 Å². The highest BCUT2D eigenvalue weighted by molar-refractivity contribution is 5.94. The molecule has 0 aliphatic carbocycles. The van der Waals surface area contributed by atoms with Gasteiger partial charge in [-0.3, -0.25) is 9.69 Å². The first-order valence-electron chi connectivity index (χ1n) is 7.21. The maximum atomic E-state index is 12.4. The fourth-order valence-corrected chi connectivity index (χ4v) is 2.44. The van der Waals surface area contributed by atoms with Crippen LogP contribution in [-0.2, 0) is 6.42 Å². The summed E-state index contributed by atoms with van der Waals surface area (Å²) in [5.41, 5.74) is 7.46. The number of rotatable bonds is 4. The van der Waals surface area contributed by atoms with Crippen molar-refractivity contribution < 1.29 is 10.0 Å². The third-order valence-electron chi connectivity index (χ3n) is 3.78. The summed E-state index contributed by atoms with van der Waals surface area (Å²) in [6.45, 7) is 5.31. The van der Waals surface area contributed by atoms with Crippen LogP contribution in [0.3, 0.4) is 0 Å². The number of benzene rings is 1. The standard InChI is InChI=1S/C15H22N4O2/c1-2-12-3-5-13(6-4-12)15(20)19-9-7-18(8-10-19)11-14(16)17-21/h3-6,21H,2,7-11H2,1H3,(H2,16,17). The molecular weight excluding hydrogens is 268 g/mol. The lowest BCUT2D eigenvalue weighted by Crippen LogP contribution is -2.50. The number of nitrogens with zero attached hydrogens (tertiary/aromatic N) is 3. The molecule has 1 heterocycles. The van der Waals surface area contributed by atoms with Crippen molar-refractivity contribution in [1.29, 1.82) is 0 Å². The molecule has 1 aliphatic rings. The summed E-state index contributed by atoms with van der Waals surface area (Å²) in [5.74, 6) is 0.269. The largest absolute Gasteiger partial charge is 0.409 e. The summed E-state index contributed by atoms with van der Waals surface area (Å²) in [4.78, 5) is 16.3. The van der Waals surface area contributed by atoms with Gasteiger partial charge in [0.15, 0.2) is 5.84 Å². The third kappa shape index (κ3) is 3.95. The van der Waals surface area contributed by atoms with E-state index in [0.29, 0.717) is 19.6 Å². The van der Waals surface area contributed by atoms with Crippen molar-refractivity contribution in [1.82, 2.24) is 9.80 Å². The summed E-state index contributed by atoms with van der Waals surface area (Å²) in [7, 11) is 0. The van der Waals surface area contributed by atoms with Gasteiger partial charge in [-0.2, -0.15) is 0 Å². The lowest BCUT2D eigenvalue weighted by Gasteiger charge is -2.34. The van der Waals surface area contributed by atoms with Gasteiger partial charge in [0.2, 0.25) is 0 Å². The van der Waals surface area contributed by atoms with Crippen LogP contribution in [0.5, 0.6) is 0 Å². The Kier molecular flexibility index (Phi) is 5.16. The molecule has 3 N–H and O–H groups in total. The van der Waals surface area contributed by atoms with Crippen molar-refractivity contribution in [2.75, 3.05) is 32.7 Å². The van der Waals surface area contributed by atoms with Gasteiger partial charge in [0.1, 0.15) is 0 Å². The molecule has 1 fully saturated rings. The molecule has 1 amide bonds. The Bertz CT molecular complexity index is 505. The maximum Gasteiger partial charge on any atom is 0.253 e. The second kappa shape index (κ2) is 7.08. The smallest absolute Gasteiger partial charge is 0.253 e. The van der Waals surface area contributed by atoms with Crippen LogP contribution in [0.15, 0.2) is 29.4 Å². The summed E-state index contributed by atoms with van der Waals surface area (Å²) in [6.07, 6.45) is 0.973. The van der Waals surface area contributed by atoms with Crippen LogP contribution >= 0.6 is 0 Å². The minimum absolute atomic E-state index is 0.0705. The van der Waals surface area contributed by atoms with Crippen molar-refractivity contribution >= 4 is 11.7 Å². The molecule has 1 aromatic carbocycles. The highest BCUT2D eigenvalue weighted by Crippen LogP contribution is 2.10. The van der Waals surface area contributed by atoms with E-state index in [1.807, 2.05) is 29.2 Å². The lowest BCUT2D eigenvalue weighted by molar-refractivity contribution is 0.0653. The molecule has 0 saturated carbocycles. The van der Waals surface area contributed by atoms with Crippen LogP contribution in [0.1, 0.15) is 22.8 Å². The minimum atomic E-state index is 0.0705. The van der Waals surface area contributed by atoms with Gasteiger partial charge in [-0.25, -0.2) is 0 Å². The minimum Gasteiger partial charge on any atom is -0.409 e. The first-order valence-corrected chi connectivity index (χ1v) is 7.21. The quantitative estimate of drug-likeness (QED) is 0.371. The average molecular weight is 290 g/mol. The van der Waals surface area contributed by atoms with Crippen molar-refractivity contribution in [2.24, 2.45) is 10.9 Å². The molecular formula is C15H22N4O2. The molecule has 0 atom stereocenters. The van der Waals surface area contributed by atoms with Crippen LogP contribution < -0.4 is 5.73 Å². The monoisotopic (exact) mass is 290 g/mol. The van der Waals surface area contributed by atoms with E-state index in [4.69, 9.17) is 10.9 Å². The number of carbonyl (C=O) groups excluding carboxylic acids is 1. The molecule has 0 radical (unpaired) electrons. The first kappa shape index (κ1) is 15.3. The molecule has 21 heavy (non-hydrogen) atoms. The second-order valence-electron chi connectivity index (χ2n) is 5.21. The summed E-state index contributed by atoms with van der Waals surface area (Å²) < 4.78 is 0. The topological polar surface area (TPSA) is 82.2 Å². The molecule has 1 aromatic rings. The van der Waals surface area contributed by atoms with Crippen molar-refractivity contribution in [3.05, 3.63) is 35.4 Å². The van der Waals surface area contributed by atoms with E-state index in [9.17, 15) is 4.79 Å². The number of amidine groups is 1. The number of carbonyl (C=O) groups is 1. The highest BCUT2D eigenvalue weighted by Gasteiger charge is 2.22. The Morgan fingerprint density at radius 3 is 2.38 bits per heavy atom. The van der Waals surface area contributed by atoms with Gasteiger partial charge in [0.25, 0.3) is 5.91 Å². The number of aryl methyl sites for hydroxylation is 1. The van der Waals surface area contributed by atoms with Gasteiger partial charge in [-0.05, 0) is 24.1 Å². The predicted octanol–water partition coefficient (Wildman–Crippen LogP) is 0.753. The van der Waals surface area contributed by atoms with Crippen molar-refractivity contribution in [2.45, 2.75) is 13.3 Å². The van der Waals surface area contributed by atoms with E-state index in [2.05, 4.69) is 17.0 Å². The van der Waals surface area contributed by atoms with E-state index in [1.165, 1.54) is 5.56 Å². The highest BCUT2D eigenvalue weighted by atomic mass is 16.4. The van der Waals surface area contributed by atoms with Crippen LogP contribution in [-0.4, -0.2) is 59.5 Å². The molecule has 114 valence electrons. The molecule has 0 spiro atoms. The molecule has 1 saturated heterocycles. The Balaban J connectivity index is 1.90. The van der Waals surface area contributed by atoms with Gasteiger partial charge in [0.05, 0.1) is 6.54 Å². The van der Waals surface area contributed by atoms with Gasteiger partial charge in [-0.1, -0.05) is 24.2 Å². The fourth-order valence-electron chi connectivity index (χ4n) is 2.44. The Morgan fingerprint density at radius 2 is 1.86 bits per heavy atom. The van der Waals surface area contributed by atoms with E-state index >= 15 is 0 Å². The maximum absolute atomic E-state index is 12.4. The fraction of sp³-hybridized carbons (Fsp3) is 0.467. The zero-order valence-electron chi connectivity index (χ0n) is 12.3. The lowest BCUT2D eigenvalue weighted by atomic mass is 10.1. The summed E-state index contributed by atoms with van der Waals surface area (Å²) in [5, 5.41) is 11.5. The van der Waals surface area contributed by atoms with Crippen LogP contribution in [0.25, 0.3) is 0 Å². The number of nitrogens with two attached hydrogens (primary N) is 1. The van der Waals surface area contributed by atoms with Crippen LogP contribution in [0.4, 0.5) is 0 Å². The molecule has 0 bridgehead atoms. The van der Waals surface area contributed by atoms with Crippen molar-refractivity contribution in [3.8, 4) is 0 Å². The molecule has 6 heteroatoms. The Labute approximate surface area is 124 Å². The number of piperazine rings is 1. The van der Waals surface area contributed by atoms with E-state index in [0.717, 1.165) is 25.1 Å².